The van der Waals surface area contributed by atoms with Gasteiger partial charge in [0.15, 0.2) is 0 Å². The lowest BCUT2D eigenvalue weighted by Gasteiger charge is -2.15. The van der Waals surface area contributed by atoms with Gasteiger partial charge in [-0.25, -0.2) is 0 Å². The smallest absolute Gasteiger partial charge is 0.207 e. The van der Waals surface area contributed by atoms with E-state index < -0.39 is 0 Å². The summed E-state index contributed by atoms with van der Waals surface area (Å²) in [6.07, 6.45) is 8.57. The molecule has 29 heavy (non-hydrogen) atoms. The Kier molecular flexibility index (Phi) is 5.27. The molecule has 0 aromatic heterocycles. The molecule has 4 rings (SSSR count). The summed E-state index contributed by atoms with van der Waals surface area (Å²) in [6, 6.07) is 21.7. The van der Waals surface area contributed by atoms with Crippen molar-refractivity contribution < 1.29 is 4.74 Å². The molecule has 0 radical (unpaired) electrons. The fraction of sp³-hybridized carbons (Fsp3) is 0.111. The maximum absolute atomic E-state index is 5.28. The average Bonchev–Trinajstić information content (AvgIpc) is 2.90. The number of ether oxygens (including phenoxy) is 1. The van der Waals surface area contributed by atoms with Crippen molar-refractivity contribution in [3.8, 4) is 16.9 Å². The van der Waals surface area contributed by atoms with Crippen LogP contribution in [0.5, 0.6) is 5.75 Å². The maximum atomic E-state index is 5.28. The van der Waals surface area contributed by atoms with Gasteiger partial charge >= 0.3 is 0 Å². The summed E-state index contributed by atoms with van der Waals surface area (Å²) < 4.78 is 5.28. The van der Waals surface area contributed by atoms with Gasteiger partial charge < -0.3 is 4.74 Å². The molecule has 1 aliphatic heterocycles. The van der Waals surface area contributed by atoms with Crippen LogP contribution in [0.4, 0.5) is 0 Å². The van der Waals surface area contributed by atoms with E-state index in [0.29, 0.717) is 6.71 Å². The zero-order valence-corrected chi connectivity index (χ0v) is 17.3. The maximum Gasteiger partial charge on any atom is 0.207 e. The van der Waals surface area contributed by atoms with E-state index in [4.69, 9.17) is 4.74 Å². The second-order valence-corrected chi connectivity index (χ2v) is 7.50. The zero-order valence-electron chi connectivity index (χ0n) is 17.3. The molecule has 0 saturated heterocycles. The van der Waals surface area contributed by atoms with Gasteiger partial charge in [-0.1, -0.05) is 85.0 Å². The van der Waals surface area contributed by atoms with E-state index in [9.17, 15) is 0 Å². The Morgan fingerprint density at radius 1 is 0.862 bits per heavy atom. The summed E-state index contributed by atoms with van der Waals surface area (Å²) in [5, 5.41) is 0. The molecule has 0 spiro atoms. The number of fused-ring (bicyclic) bond motifs is 2. The Bertz CT molecular complexity index is 1120. The molecule has 142 valence electrons. The summed E-state index contributed by atoms with van der Waals surface area (Å²) in [6.45, 7) is 8.83. The van der Waals surface area contributed by atoms with Crippen LogP contribution in [0.25, 0.3) is 28.9 Å². The highest BCUT2D eigenvalue weighted by Crippen LogP contribution is 2.25. The van der Waals surface area contributed by atoms with Crippen molar-refractivity contribution in [3.05, 3.63) is 96.1 Å². The molecule has 0 fully saturated rings. The Morgan fingerprint density at radius 2 is 1.48 bits per heavy atom. The zero-order chi connectivity index (χ0) is 20.4. The first kappa shape index (κ1) is 19.1. The van der Waals surface area contributed by atoms with Crippen LogP contribution in [0.2, 0.25) is 6.82 Å². The first-order chi connectivity index (χ1) is 14.1. The minimum Gasteiger partial charge on any atom is -0.497 e. The van der Waals surface area contributed by atoms with Gasteiger partial charge in [0.1, 0.15) is 5.75 Å². The minimum absolute atomic E-state index is 0.337. The molecule has 0 saturated carbocycles. The highest BCUT2D eigenvalue weighted by molar-refractivity contribution is 6.85. The summed E-state index contributed by atoms with van der Waals surface area (Å²) in [5.74, 6) is 0.878. The Morgan fingerprint density at radius 3 is 2.14 bits per heavy atom. The van der Waals surface area contributed by atoms with Crippen molar-refractivity contribution >= 4 is 35.4 Å². The standard InChI is InChI=1S/C27H25BO/c1-5-6-19(2)21-11-15-26-23(17-21)7-8-24-18-22(12-16-27(24)28(26)3)20-9-13-25(29-4)14-10-20/h5-18H,2H2,1,3-4H3. The molecular formula is C27H25BO. The molecule has 0 aliphatic carbocycles. The van der Waals surface area contributed by atoms with Gasteiger partial charge in [-0.05, 0) is 64.6 Å². The largest absolute Gasteiger partial charge is 0.497 e. The number of rotatable bonds is 4. The van der Waals surface area contributed by atoms with Gasteiger partial charge in [0.2, 0.25) is 6.71 Å². The van der Waals surface area contributed by atoms with Crippen LogP contribution in [0, 0.1) is 0 Å². The number of benzene rings is 3. The van der Waals surface area contributed by atoms with E-state index >= 15 is 0 Å². The van der Waals surface area contributed by atoms with Gasteiger partial charge in [0, 0.05) is 0 Å². The van der Waals surface area contributed by atoms with Crippen LogP contribution in [0.1, 0.15) is 23.6 Å². The summed E-state index contributed by atoms with van der Waals surface area (Å²) >= 11 is 0. The van der Waals surface area contributed by atoms with E-state index in [2.05, 4.69) is 80.2 Å². The summed E-state index contributed by atoms with van der Waals surface area (Å²) in [4.78, 5) is 0. The fourth-order valence-corrected chi connectivity index (χ4v) is 4.03. The molecule has 0 unspecified atom stereocenters. The van der Waals surface area contributed by atoms with E-state index in [1.165, 1.54) is 38.7 Å². The molecule has 1 aliphatic rings. The molecule has 0 N–H and O–H groups in total. The highest BCUT2D eigenvalue weighted by atomic mass is 16.5. The molecule has 0 atom stereocenters. The molecule has 0 amide bonds. The topological polar surface area (TPSA) is 9.23 Å². The molecular weight excluding hydrogens is 351 g/mol. The van der Waals surface area contributed by atoms with Crippen LogP contribution in [-0.2, 0) is 0 Å². The monoisotopic (exact) mass is 376 g/mol. The Labute approximate surface area is 174 Å². The lowest BCUT2D eigenvalue weighted by atomic mass is 9.41. The van der Waals surface area contributed by atoms with Crippen molar-refractivity contribution in [2.75, 3.05) is 7.11 Å². The van der Waals surface area contributed by atoms with E-state index in [0.717, 1.165) is 11.3 Å². The van der Waals surface area contributed by atoms with E-state index in [-0.39, 0.29) is 0 Å². The van der Waals surface area contributed by atoms with Gasteiger partial charge in [-0.15, -0.1) is 0 Å². The number of hydrogen-bond donors (Lipinski definition) is 0. The van der Waals surface area contributed by atoms with E-state index in [1.807, 2.05) is 25.1 Å². The normalized spacial score (nSPS) is 12.4. The first-order valence-corrected chi connectivity index (χ1v) is 10.0. The Balaban J connectivity index is 1.73. The van der Waals surface area contributed by atoms with Crippen LogP contribution in [0.15, 0.2) is 79.4 Å². The van der Waals surface area contributed by atoms with Gasteiger partial charge in [0.25, 0.3) is 0 Å². The number of methoxy groups -OCH3 is 1. The third kappa shape index (κ3) is 3.71. The van der Waals surface area contributed by atoms with E-state index in [1.54, 1.807) is 7.11 Å². The Hall–Kier alpha value is -3.26. The van der Waals surface area contributed by atoms with Crippen LogP contribution >= 0.6 is 0 Å². The average molecular weight is 376 g/mol. The molecule has 2 heteroatoms. The van der Waals surface area contributed by atoms with Crippen LogP contribution in [0.3, 0.4) is 0 Å². The first-order valence-electron chi connectivity index (χ1n) is 10.0. The third-order valence-electron chi connectivity index (χ3n) is 5.71. The molecule has 1 heterocycles. The lowest BCUT2D eigenvalue weighted by molar-refractivity contribution is 0.415. The van der Waals surface area contributed by atoms with Crippen molar-refractivity contribution in [3.63, 3.8) is 0 Å². The van der Waals surface area contributed by atoms with Gasteiger partial charge in [-0.3, -0.25) is 0 Å². The van der Waals surface area contributed by atoms with Crippen molar-refractivity contribution in [1.29, 1.82) is 0 Å². The number of hydrogen-bond acceptors (Lipinski definition) is 1. The lowest BCUT2D eigenvalue weighted by Crippen LogP contribution is -2.41. The molecule has 3 aromatic rings. The predicted molar refractivity (Wildman–Crippen MR) is 129 cm³/mol. The van der Waals surface area contributed by atoms with Crippen LogP contribution < -0.4 is 15.7 Å². The van der Waals surface area contributed by atoms with Crippen molar-refractivity contribution in [2.45, 2.75) is 13.7 Å². The second kappa shape index (κ2) is 8.01. The second-order valence-electron chi connectivity index (χ2n) is 7.50. The molecule has 3 aromatic carbocycles. The quantitative estimate of drug-likeness (QED) is 0.421. The third-order valence-corrected chi connectivity index (χ3v) is 5.71. The molecule has 1 nitrogen and oxygen atoms in total. The van der Waals surface area contributed by atoms with Gasteiger partial charge in [0.05, 0.1) is 7.11 Å². The number of allylic oxidation sites excluding steroid dienone is 3. The summed E-state index contributed by atoms with van der Waals surface area (Å²) in [7, 11) is 1.69. The SMILES string of the molecule is C=C(C=CC)c1ccc2c(c1)C=Cc1cc(-c3ccc(OC)cc3)ccc1B2C. The van der Waals surface area contributed by atoms with Gasteiger partial charge in [-0.2, -0.15) is 0 Å². The summed E-state index contributed by atoms with van der Waals surface area (Å²) in [5.41, 5.74) is 9.88. The highest BCUT2D eigenvalue weighted by Gasteiger charge is 2.21. The van der Waals surface area contributed by atoms with Crippen molar-refractivity contribution in [1.82, 2.24) is 0 Å². The van der Waals surface area contributed by atoms with Crippen molar-refractivity contribution in [2.24, 2.45) is 0 Å². The van der Waals surface area contributed by atoms with Crippen LogP contribution in [-0.4, -0.2) is 13.8 Å². The predicted octanol–water partition coefficient (Wildman–Crippen LogP) is 5.67. The molecule has 0 bridgehead atoms. The minimum atomic E-state index is 0.337. The fourth-order valence-electron chi connectivity index (χ4n) is 4.03.